The summed E-state index contributed by atoms with van der Waals surface area (Å²) < 4.78 is 1.65. The molecule has 0 radical (unpaired) electrons. The Morgan fingerprint density at radius 2 is 1.76 bits per heavy atom. The molecule has 2 N–H and O–H groups in total. The Kier molecular flexibility index (Phi) is 5.98. The average Bonchev–Trinajstić information content (AvgIpc) is 3.04. The minimum atomic E-state index is -0.353. The number of amides is 2. The lowest BCUT2D eigenvalue weighted by molar-refractivity contribution is 0.0948. The Labute approximate surface area is 170 Å². The fourth-order valence-electron chi connectivity index (χ4n) is 3.39. The van der Waals surface area contributed by atoms with Gasteiger partial charge in [0.1, 0.15) is 0 Å². The molecule has 2 heterocycles. The first-order chi connectivity index (χ1) is 13.8. The van der Waals surface area contributed by atoms with Crippen molar-refractivity contribution in [2.75, 3.05) is 32.5 Å². The van der Waals surface area contributed by atoms with Crippen molar-refractivity contribution in [3.8, 4) is 0 Å². The molecule has 0 saturated carbocycles. The Morgan fingerprint density at radius 3 is 2.41 bits per heavy atom. The lowest BCUT2D eigenvalue weighted by Crippen LogP contribution is -2.31. The van der Waals surface area contributed by atoms with Crippen LogP contribution in [0.1, 0.15) is 37.8 Å². The lowest BCUT2D eigenvalue weighted by Gasteiger charge is -2.12. The largest absolute Gasteiger partial charge is 0.349 e. The van der Waals surface area contributed by atoms with Crippen LogP contribution >= 0.6 is 0 Å². The van der Waals surface area contributed by atoms with Gasteiger partial charge in [-0.1, -0.05) is 23.8 Å². The number of aryl methyl sites for hydroxylation is 3. The van der Waals surface area contributed by atoms with Crippen LogP contribution in [0, 0.1) is 20.8 Å². The summed E-state index contributed by atoms with van der Waals surface area (Å²) in [6.45, 7) is 7.17. The summed E-state index contributed by atoms with van der Waals surface area (Å²) in [7, 11) is 3.88. The van der Waals surface area contributed by atoms with Crippen molar-refractivity contribution in [1.29, 1.82) is 0 Å². The average molecular weight is 393 g/mol. The van der Waals surface area contributed by atoms with Crippen molar-refractivity contribution >= 4 is 23.0 Å². The number of aromatic nitrogens is 2. The predicted octanol–water partition coefficient (Wildman–Crippen LogP) is 2.80. The molecule has 2 amide bonds. The third-order valence-electron chi connectivity index (χ3n) is 4.73. The molecule has 0 saturated heterocycles. The van der Waals surface area contributed by atoms with Gasteiger partial charge in [-0.25, -0.2) is 4.98 Å². The number of pyridine rings is 1. The molecule has 152 valence electrons. The molecule has 1 aromatic carbocycles. The second-order valence-electron chi connectivity index (χ2n) is 7.53. The van der Waals surface area contributed by atoms with E-state index in [4.69, 9.17) is 0 Å². The van der Waals surface area contributed by atoms with Crippen LogP contribution in [-0.4, -0.2) is 53.3 Å². The molecule has 0 bridgehead atoms. The summed E-state index contributed by atoms with van der Waals surface area (Å²) in [5.41, 5.74) is 4.71. The number of fused-ring (bicyclic) bond motifs is 1. The second kappa shape index (κ2) is 8.45. The van der Waals surface area contributed by atoms with E-state index in [1.54, 1.807) is 16.7 Å². The molecule has 0 aliphatic carbocycles. The summed E-state index contributed by atoms with van der Waals surface area (Å²) in [4.78, 5) is 32.0. The Morgan fingerprint density at radius 1 is 1.07 bits per heavy atom. The topological polar surface area (TPSA) is 78.7 Å². The number of hydrogen-bond donors (Lipinski definition) is 2. The number of nitrogens with one attached hydrogen (secondary N) is 2. The second-order valence-corrected chi connectivity index (χ2v) is 7.53. The summed E-state index contributed by atoms with van der Waals surface area (Å²) in [5.74, 6) is -0.469. The maximum atomic E-state index is 13.0. The molecule has 7 heteroatoms. The Bertz CT molecular complexity index is 1050. The first-order valence-electron chi connectivity index (χ1n) is 9.57. The van der Waals surface area contributed by atoms with Gasteiger partial charge in [0.15, 0.2) is 5.69 Å². The van der Waals surface area contributed by atoms with Crippen LogP contribution in [0.3, 0.4) is 0 Å². The van der Waals surface area contributed by atoms with Crippen LogP contribution in [0.15, 0.2) is 36.5 Å². The molecule has 0 atom stereocenters. The maximum Gasteiger partial charge on any atom is 0.292 e. The van der Waals surface area contributed by atoms with Crippen LogP contribution < -0.4 is 10.6 Å². The monoisotopic (exact) mass is 393 g/mol. The molecule has 0 fully saturated rings. The van der Waals surface area contributed by atoms with Crippen molar-refractivity contribution in [1.82, 2.24) is 19.6 Å². The van der Waals surface area contributed by atoms with Crippen molar-refractivity contribution in [2.45, 2.75) is 20.8 Å². The fourth-order valence-corrected chi connectivity index (χ4v) is 3.39. The van der Waals surface area contributed by atoms with Gasteiger partial charge in [0.25, 0.3) is 11.8 Å². The smallest absolute Gasteiger partial charge is 0.292 e. The summed E-state index contributed by atoms with van der Waals surface area (Å²) in [6, 6.07) is 9.46. The lowest BCUT2D eigenvalue weighted by atomic mass is 10.1. The van der Waals surface area contributed by atoms with E-state index in [0.29, 0.717) is 12.1 Å². The molecular formula is C22H27N5O2. The van der Waals surface area contributed by atoms with Crippen molar-refractivity contribution in [3.63, 3.8) is 0 Å². The molecule has 7 nitrogen and oxygen atoms in total. The van der Waals surface area contributed by atoms with Crippen LogP contribution in [-0.2, 0) is 0 Å². The number of rotatable bonds is 6. The van der Waals surface area contributed by atoms with Gasteiger partial charge in [-0.15, -0.1) is 0 Å². The normalized spacial score (nSPS) is 11.1. The van der Waals surface area contributed by atoms with Gasteiger partial charge >= 0.3 is 0 Å². The minimum Gasteiger partial charge on any atom is -0.349 e. The van der Waals surface area contributed by atoms with E-state index in [2.05, 4.69) is 15.6 Å². The molecule has 0 aliphatic rings. The standard InChI is InChI=1S/C22H27N5O2/c1-14-12-15(2)18(16(3)13-14)25-22(29)20-24-19(17-8-6-7-10-27(17)20)21(28)23-9-11-26(4)5/h6-8,10,12-13H,9,11H2,1-5H3,(H,23,28)(H,25,29). The van der Waals surface area contributed by atoms with Gasteiger partial charge in [0.2, 0.25) is 5.82 Å². The van der Waals surface area contributed by atoms with Gasteiger partial charge in [0, 0.05) is 25.0 Å². The van der Waals surface area contributed by atoms with Crippen molar-refractivity contribution in [3.05, 3.63) is 64.7 Å². The molecule has 3 rings (SSSR count). The highest BCUT2D eigenvalue weighted by Crippen LogP contribution is 2.23. The predicted molar refractivity (Wildman–Crippen MR) is 115 cm³/mol. The molecule has 0 aliphatic heterocycles. The molecule has 2 aromatic heterocycles. The van der Waals surface area contributed by atoms with Crippen molar-refractivity contribution < 1.29 is 9.59 Å². The summed E-state index contributed by atoms with van der Waals surface area (Å²) in [6.07, 6.45) is 1.74. The number of benzene rings is 1. The number of carbonyl (C=O) groups excluding carboxylic acids is 2. The molecular weight excluding hydrogens is 366 g/mol. The third kappa shape index (κ3) is 4.46. The molecule has 0 spiro atoms. The number of carbonyl (C=O) groups is 2. The number of likely N-dealkylation sites (N-methyl/N-ethyl adjacent to an activating group) is 1. The van der Waals surface area contributed by atoms with Gasteiger partial charge in [-0.05, 0) is 58.1 Å². The Hall–Kier alpha value is -3.19. The van der Waals surface area contributed by atoms with Crippen LogP contribution in [0.2, 0.25) is 0 Å². The number of imidazole rings is 1. The SMILES string of the molecule is Cc1cc(C)c(NC(=O)c2nc(C(=O)NCCN(C)C)c3ccccn23)c(C)c1. The first kappa shape index (κ1) is 20.5. The molecule has 29 heavy (non-hydrogen) atoms. The van der Waals surface area contributed by atoms with E-state index in [9.17, 15) is 9.59 Å². The third-order valence-corrected chi connectivity index (χ3v) is 4.73. The van der Waals surface area contributed by atoms with Crippen LogP contribution in [0.5, 0.6) is 0 Å². The number of anilines is 1. The number of hydrogen-bond acceptors (Lipinski definition) is 4. The summed E-state index contributed by atoms with van der Waals surface area (Å²) >= 11 is 0. The van der Waals surface area contributed by atoms with Gasteiger partial charge in [-0.2, -0.15) is 0 Å². The fraction of sp³-hybridized carbons (Fsp3) is 0.318. The zero-order valence-electron chi connectivity index (χ0n) is 17.5. The van der Waals surface area contributed by atoms with Gasteiger partial charge in [0.05, 0.1) is 5.52 Å². The maximum absolute atomic E-state index is 13.0. The number of nitrogens with zero attached hydrogens (tertiary/aromatic N) is 3. The van der Waals surface area contributed by atoms with E-state index in [1.807, 2.05) is 64.0 Å². The molecule has 3 aromatic rings. The Balaban J connectivity index is 1.92. The van der Waals surface area contributed by atoms with Gasteiger partial charge in [-0.3, -0.25) is 14.0 Å². The highest BCUT2D eigenvalue weighted by atomic mass is 16.2. The highest BCUT2D eigenvalue weighted by Gasteiger charge is 2.22. The van der Waals surface area contributed by atoms with E-state index < -0.39 is 0 Å². The summed E-state index contributed by atoms with van der Waals surface area (Å²) in [5, 5.41) is 5.82. The van der Waals surface area contributed by atoms with E-state index in [0.717, 1.165) is 28.9 Å². The first-order valence-corrected chi connectivity index (χ1v) is 9.57. The van der Waals surface area contributed by atoms with E-state index in [1.165, 1.54) is 0 Å². The van der Waals surface area contributed by atoms with Crippen molar-refractivity contribution in [2.24, 2.45) is 0 Å². The van der Waals surface area contributed by atoms with E-state index in [-0.39, 0.29) is 23.3 Å². The van der Waals surface area contributed by atoms with Gasteiger partial charge < -0.3 is 15.5 Å². The molecule has 0 unspecified atom stereocenters. The zero-order valence-corrected chi connectivity index (χ0v) is 17.5. The minimum absolute atomic E-state index is 0.178. The van der Waals surface area contributed by atoms with E-state index >= 15 is 0 Å². The zero-order chi connectivity index (χ0) is 21.1. The van der Waals surface area contributed by atoms with Crippen LogP contribution in [0.25, 0.3) is 5.52 Å². The quantitative estimate of drug-likeness (QED) is 0.675. The highest BCUT2D eigenvalue weighted by molar-refractivity contribution is 6.06. The van der Waals surface area contributed by atoms with Crippen LogP contribution in [0.4, 0.5) is 5.69 Å².